The summed E-state index contributed by atoms with van der Waals surface area (Å²) in [6.45, 7) is 6.77. The molecule has 26 heavy (non-hydrogen) atoms. The molecule has 0 aliphatic heterocycles. The molecule has 0 amide bonds. The van der Waals surface area contributed by atoms with Crippen LogP contribution < -0.4 is 5.32 Å². The molecule has 3 heterocycles. The van der Waals surface area contributed by atoms with Gasteiger partial charge in [-0.05, 0) is 38.5 Å². The average Bonchev–Trinajstić information content (AvgIpc) is 2.97. The molecule has 5 heteroatoms. The lowest BCUT2D eigenvalue weighted by molar-refractivity contribution is 0.894. The van der Waals surface area contributed by atoms with Crippen LogP contribution in [0.3, 0.4) is 0 Å². The summed E-state index contributed by atoms with van der Waals surface area (Å²) in [5, 5.41) is 8.18. The second-order valence-electron chi connectivity index (χ2n) is 6.52. The number of benzene rings is 1. The lowest BCUT2D eigenvalue weighted by Crippen LogP contribution is -2.07. The number of rotatable bonds is 4. The molecule has 0 unspecified atom stereocenters. The Morgan fingerprint density at radius 1 is 1.00 bits per heavy atom. The first-order chi connectivity index (χ1) is 12.6. The molecule has 0 atom stereocenters. The van der Waals surface area contributed by atoms with Crippen molar-refractivity contribution in [3.8, 4) is 11.1 Å². The van der Waals surface area contributed by atoms with Crippen molar-refractivity contribution in [2.75, 3.05) is 5.32 Å². The van der Waals surface area contributed by atoms with Crippen LogP contribution in [0.1, 0.15) is 22.6 Å². The van der Waals surface area contributed by atoms with Gasteiger partial charge in [-0.2, -0.15) is 9.61 Å². The fourth-order valence-electron chi connectivity index (χ4n) is 3.11. The molecule has 0 aliphatic carbocycles. The van der Waals surface area contributed by atoms with Crippen LogP contribution in [0.2, 0.25) is 0 Å². The van der Waals surface area contributed by atoms with Gasteiger partial charge in [0.15, 0.2) is 5.65 Å². The first-order valence-corrected chi connectivity index (χ1v) is 8.69. The zero-order valence-corrected chi connectivity index (χ0v) is 15.2. The number of aryl methyl sites for hydroxylation is 3. The Morgan fingerprint density at radius 2 is 1.81 bits per heavy atom. The Balaban J connectivity index is 1.78. The average molecular weight is 343 g/mol. The van der Waals surface area contributed by atoms with Gasteiger partial charge in [0, 0.05) is 23.5 Å². The van der Waals surface area contributed by atoms with Crippen LogP contribution in [-0.2, 0) is 6.54 Å². The number of nitrogens with zero attached hydrogens (tertiary/aromatic N) is 4. The number of hydrogen-bond donors (Lipinski definition) is 1. The molecule has 0 radical (unpaired) electrons. The van der Waals surface area contributed by atoms with Crippen LogP contribution >= 0.6 is 0 Å². The number of anilines is 1. The third-order valence-electron chi connectivity index (χ3n) is 4.41. The number of fused-ring (bicyclic) bond motifs is 1. The standard InChI is InChI=1S/C21H21N5/c1-14-7-9-17(10-8-14)20-16(3)25-26-19(12-15(2)24-21(20)26)23-13-18-6-4-5-11-22-18/h4-12,23H,13H2,1-3H3. The van der Waals surface area contributed by atoms with Gasteiger partial charge in [-0.3, -0.25) is 4.98 Å². The molecular weight excluding hydrogens is 322 g/mol. The van der Waals surface area contributed by atoms with Gasteiger partial charge in [0.05, 0.1) is 17.9 Å². The molecule has 4 aromatic rings. The van der Waals surface area contributed by atoms with Crippen LogP contribution in [0.4, 0.5) is 5.82 Å². The highest BCUT2D eigenvalue weighted by atomic mass is 15.3. The SMILES string of the molecule is Cc1ccc(-c2c(C)nn3c(NCc4ccccn4)cc(C)nc23)cc1. The molecule has 0 bridgehead atoms. The van der Waals surface area contributed by atoms with Crippen LogP contribution in [-0.4, -0.2) is 19.6 Å². The molecule has 0 saturated carbocycles. The van der Waals surface area contributed by atoms with Crippen molar-refractivity contribution in [3.63, 3.8) is 0 Å². The number of pyridine rings is 1. The van der Waals surface area contributed by atoms with E-state index in [0.29, 0.717) is 6.54 Å². The van der Waals surface area contributed by atoms with Crippen molar-refractivity contribution in [1.29, 1.82) is 0 Å². The van der Waals surface area contributed by atoms with E-state index in [4.69, 9.17) is 10.1 Å². The van der Waals surface area contributed by atoms with Crippen LogP contribution in [0.25, 0.3) is 16.8 Å². The Kier molecular flexibility index (Phi) is 4.13. The molecule has 1 aromatic carbocycles. The second kappa shape index (κ2) is 6.59. The number of hydrogen-bond acceptors (Lipinski definition) is 4. The molecule has 0 spiro atoms. The molecule has 4 rings (SSSR count). The Bertz CT molecular complexity index is 1050. The normalized spacial score (nSPS) is 11.0. The summed E-state index contributed by atoms with van der Waals surface area (Å²) in [7, 11) is 0. The number of nitrogens with one attached hydrogen (secondary N) is 1. The van der Waals surface area contributed by atoms with E-state index >= 15 is 0 Å². The maximum absolute atomic E-state index is 4.76. The molecule has 3 aromatic heterocycles. The Hall–Kier alpha value is -3.21. The quantitative estimate of drug-likeness (QED) is 0.599. The van der Waals surface area contributed by atoms with E-state index in [1.54, 1.807) is 6.20 Å². The highest BCUT2D eigenvalue weighted by molar-refractivity contribution is 5.81. The first-order valence-electron chi connectivity index (χ1n) is 8.69. The van der Waals surface area contributed by atoms with Gasteiger partial charge in [0.2, 0.25) is 0 Å². The van der Waals surface area contributed by atoms with Crippen LogP contribution in [0.15, 0.2) is 54.7 Å². The summed E-state index contributed by atoms with van der Waals surface area (Å²) in [6, 6.07) is 16.4. The minimum atomic E-state index is 0.637. The van der Waals surface area contributed by atoms with E-state index in [-0.39, 0.29) is 0 Å². The van der Waals surface area contributed by atoms with Crippen molar-refractivity contribution in [2.24, 2.45) is 0 Å². The third-order valence-corrected chi connectivity index (χ3v) is 4.41. The summed E-state index contributed by atoms with van der Waals surface area (Å²) in [4.78, 5) is 9.12. The van der Waals surface area contributed by atoms with Crippen LogP contribution in [0, 0.1) is 20.8 Å². The predicted molar refractivity (Wildman–Crippen MR) is 104 cm³/mol. The van der Waals surface area contributed by atoms with E-state index in [0.717, 1.165) is 39.7 Å². The topological polar surface area (TPSA) is 55.1 Å². The lowest BCUT2D eigenvalue weighted by Gasteiger charge is -2.09. The largest absolute Gasteiger partial charge is 0.364 e. The van der Waals surface area contributed by atoms with Crippen molar-refractivity contribution in [1.82, 2.24) is 19.6 Å². The summed E-state index contributed by atoms with van der Waals surface area (Å²) in [5.41, 5.74) is 7.23. The fourth-order valence-corrected chi connectivity index (χ4v) is 3.11. The maximum atomic E-state index is 4.76. The van der Waals surface area contributed by atoms with Gasteiger partial charge in [-0.1, -0.05) is 35.9 Å². The summed E-state index contributed by atoms with van der Waals surface area (Å²) in [6.07, 6.45) is 1.80. The zero-order valence-electron chi connectivity index (χ0n) is 15.2. The van der Waals surface area contributed by atoms with E-state index in [9.17, 15) is 0 Å². The van der Waals surface area contributed by atoms with Gasteiger partial charge < -0.3 is 5.32 Å². The molecule has 1 N–H and O–H groups in total. The molecule has 0 fully saturated rings. The predicted octanol–water partition coefficient (Wildman–Crippen LogP) is 4.33. The fraction of sp³-hybridized carbons (Fsp3) is 0.190. The van der Waals surface area contributed by atoms with E-state index in [1.807, 2.05) is 42.6 Å². The summed E-state index contributed by atoms with van der Waals surface area (Å²) in [5.74, 6) is 0.916. The molecule has 0 saturated heterocycles. The Morgan fingerprint density at radius 3 is 2.54 bits per heavy atom. The zero-order chi connectivity index (χ0) is 18.1. The van der Waals surface area contributed by atoms with E-state index < -0.39 is 0 Å². The molecule has 5 nitrogen and oxygen atoms in total. The highest BCUT2D eigenvalue weighted by Gasteiger charge is 2.16. The molecule has 130 valence electrons. The van der Waals surface area contributed by atoms with Crippen LogP contribution in [0.5, 0.6) is 0 Å². The smallest absolute Gasteiger partial charge is 0.165 e. The van der Waals surface area contributed by atoms with E-state index in [2.05, 4.69) is 41.5 Å². The Labute approximate surface area is 152 Å². The minimum Gasteiger partial charge on any atom is -0.364 e. The highest BCUT2D eigenvalue weighted by Crippen LogP contribution is 2.29. The van der Waals surface area contributed by atoms with Crippen molar-refractivity contribution in [3.05, 3.63) is 77.4 Å². The van der Waals surface area contributed by atoms with Crippen molar-refractivity contribution < 1.29 is 0 Å². The third kappa shape index (κ3) is 3.04. The number of aromatic nitrogens is 4. The van der Waals surface area contributed by atoms with Gasteiger partial charge >= 0.3 is 0 Å². The minimum absolute atomic E-state index is 0.637. The summed E-state index contributed by atoms with van der Waals surface area (Å²) < 4.78 is 1.89. The van der Waals surface area contributed by atoms with Gasteiger partial charge in [-0.25, -0.2) is 4.98 Å². The second-order valence-corrected chi connectivity index (χ2v) is 6.52. The van der Waals surface area contributed by atoms with Gasteiger partial charge in [-0.15, -0.1) is 0 Å². The monoisotopic (exact) mass is 343 g/mol. The lowest BCUT2D eigenvalue weighted by atomic mass is 10.0. The first kappa shape index (κ1) is 16.3. The molecule has 0 aliphatic rings. The van der Waals surface area contributed by atoms with Crippen molar-refractivity contribution >= 4 is 11.5 Å². The molecular formula is C21H21N5. The maximum Gasteiger partial charge on any atom is 0.165 e. The summed E-state index contributed by atoms with van der Waals surface area (Å²) >= 11 is 0. The van der Waals surface area contributed by atoms with E-state index in [1.165, 1.54) is 5.56 Å². The van der Waals surface area contributed by atoms with Gasteiger partial charge in [0.1, 0.15) is 5.82 Å². The van der Waals surface area contributed by atoms with Gasteiger partial charge in [0.25, 0.3) is 0 Å². The van der Waals surface area contributed by atoms with Crippen molar-refractivity contribution in [2.45, 2.75) is 27.3 Å².